The number of nitrogens with zero attached hydrogens (tertiary/aromatic N) is 2. The van der Waals surface area contributed by atoms with E-state index in [1.54, 1.807) is 0 Å². The third-order valence-electron chi connectivity index (χ3n) is 3.41. The molecule has 1 fully saturated rings. The van der Waals surface area contributed by atoms with Gasteiger partial charge in [0.1, 0.15) is 0 Å². The molecule has 98 valence electrons. The molecule has 1 atom stereocenters. The number of aromatic nitrogens is 2. The number of nitrogens with one attached hydrogen (secondary N) is 2. The van der Waals surface area contributed by atoms with Crippen molar-refractivity contribution in [1.29, 1.82) is 0 Å². The number of hydrogen-bond acceptors (Lipinski definition) is 3. The SMILES string of the molecule is C[C@@H]1CN(Cc2cccc3cn[nH]c23)CCN1.Cl. The molecule has 0 aliphatic carbocycles. The Balaban J connectivity index is 0.00000120. The molecule has 0 amide bonds. The van der Waals surface area contributed by atoms with Crippen molar-refractivity contribution in [2.45, 2.75) is 19.5 Å². The Morgan fingerprint density at radius 3 is 3.17 bits per heavy atom. The van der Waals surface area contributed by atoms with Crippen LogP contribution in [0.3, 0.4) is 0 Å². The van der Waals surface area contributed by atoms with E-state index >= 15 is 0 Å². The Hall–Kier alpha value is -1.10. The Labute approximate surface area is 113 Å². The second-order valence-electron chi connectivity index (χ2n) is 4.84. The van der Waals surface area contributed by atoms with Gasteiger partial charge in [-0.15, -0.1) is 12.4 Å². The predicted molar refractivity (Wildman–Crippen MR) is 76.1 cm³/mol. The highest BCUT2D eigenvalue weighted by molar-refractivity contribution is 5.85. The fourth-order valence-corrected chi connectivity index (χ4v) is 2.56. The summed E-state index contributed by atoms with van der Waals surface area (Å²) in [6.07, 6.45) is 1.89. The van der Waals surface area contributed by atoms with Gasteiger partial charge in [-0.05, 0) is 12.5 Å². The number of fused-ring (bicyclic) bond motifs is 1. The van der Waals surface area contributed by atoms with Crippen molar-refractivity contribution in [3.63, 3.8) is 0 Å². The van der Waals surface area contributed by atoms with Crippen LogP contribution < -0.4 is 5.32 Å². The number of hydrogen-bond donors (Lipinski definition) is 2. The minimum absolute atomic E-state index is 0. The summed E-state index contributed by atoms with van der Waals surface area (Å²) in [6, 6.07) is 6.99. The molecule has 2 heterocycles. The van der Waals surface area contributed by atoms with Crippen LogP contribution in [0.15, 0.2) is 24.4 Å². The van der Waals surface area contributed by atoms with Crippen LogP contribution in [0, 0.1) is 0 Å². The number of aromatic amines is 1. The van der Waals surface area contributed by atoms with Crippen LogP contribution >= 0.6 is 12.4 Å². The number of halogens is 1. The van der Waals surface area contributed by atoms with Crippen molar-refractivity contribution in [3.8, 4) is 0 Å². The highest BCUT2D eigenvalue weighted by atomic mass is 35.5. The van der Waals surface area contributed by atoms with Crippen molar-refractivity contribution in [1.82, 2.24) is 20.4 Å². The van der Waals surface area contributed by atoms with Gasteiger partial charge in [0.2, 0.25) is 0 Å². The fraction of sp³-hybridized carbons (Fsp3) is 0.462. The number of piperazine rings is 1. The van der Waals surface area contributed by atoms with Gasteiger partial charge >= 0.3 is 0 Å². The normalized spacial score (nSPS) is 20.8. The van der Waals surface area contributed by atoms with E-state index in [0.29, 0.717) is 6.04 Å². The van der Waals surface area contributed by atoms with E-state index in [4.69, 9.17) is 0 Å². The van der Waals surface area contributed by atoms with Crippen molar-refractivity contribution in [2.75, 3.05) is 19.6 Å². The summed E-state index contributed by atoms with van der Waals surface area (Å²) in [5.41, 5.74) is 2.52. The molecule has 1 aromatic carbocycles. The van der Waals surface area contributed by atoms with Crippen molar-refractivity contribution in [3.05, 3.63) is 30.0 Å². The van der Waals surface area contributed by atoms with Gasteiger partial charge < -0.3 is 5.32 Å². The number of benzene rings is 1. The molecule has 1 aromatic heterocycles. The topological polar surface area (TPSA) is 44.0 Å². The van der Waals surface area contributed by atoms with Crippen LogP contribution in [-0.2, 0) is 6.54 Å². The zero-order chi connectivity index (χ0) is 11.7. The van der Waals surface area contributed by atoms with Crippen LogP contribution in [-0.4, -0.2) is 40.8 Å². The first-order valence-corrected chi connectivity index (χ1v) is 6.19. The van der Waals surface area contributed by atoms with Gasteiger partial charge in [0.25, 0.3) is 0 Å². The molecule has 3 rings (SSSR count). The first-order chi connectivity index (χ1) is 8.33. The summed E-state index contributed by atoms with van der Waals surface area (Å²) >= 11 is 0. The fourth-order valence-electron chi connectivity index (χ4n) is 2.56. The summed E-state index contributed by atoms with van der Waals surface area (Å²) in [5.74, 6) is 0. The quantitative estimate of drug-likeness (QED) is 0.871. The Bertz CT molecular complexity index is 510. The largest absolute Gasteiger partial charge is 0.312 e. The first kappa shape index (κ1) is 13.3. The highest BCUT2D eigenvalue weighted by Gasteiger charge is 2.16. The van der Waals surface area contributed by atoms with Crippen LogP contribution in [0.25, 0.3) is 10.9 Å². The molecule has 0 unspecified atom stereocenters. The second kappa shape index (κ2) is 5.69. The summed E-state index contributed by atoms with van der Waals surface area (Å²) in [7, 11) is 0. The van der Waals surface area contributed by atoms with Gasteiger partial charge in [0.05, 0.1) is 11.7 Å². The minimum Gasteiger partial charge on any atom is -0.312 e. The molecule has 1 saturated heterocycles. The first-order valence-electron chi connectivity index (χ1n) is 6.19. The van der Waals surface area contributed by atoms with Gasteiger partial charge in [0.15, 0.2) is 0 Å². The van der Waals surface area contributed by atoms with E-state index in [2.05, 4.69) is 45.5 Å². The van der Waals surface area contributed by atoms with Crippen molar-refractivity contribution in [2.24, 2.45) is 0 Å². The minimum atomic E-state index is 0. The lowest BCUT2D eigenvalue weighted by Crippen LogP contribution is -2.48. The molecule has 2 aromatic rings. The van der Waals surface area contributed by atoms with E-state index in [0.717, 1.165) is 26.2 Å². The van der Waals surface area contributed by atoms with Crippen LogP contribution in [0.1, 0.15) is 12.5 Å². The number of para-hydroxylation sites is 1. The van der Waals surface area contributed by atoms with Crippen LogP contribution in [0.4, 0.5) is 0 Å². The van der Waals surface area contributed by atoms with Crippen molar-refractivity contribution < 1.29 is 0 Å². The number of H-pyrrole nitrogens is 1. The second-order valence-corrected chi connectivity index (χ2v) is 4.84. The zero-order valence-corrected chi connectivity index (χ0v) is 11.3. The third kappa shape index (κ3) is 2.66. The Morgan fingerprint density at radius 1 is 1.44 bits per heavy atom. The summed E-state index contributed by atoms with van der Waals surface area (Å²) in [5, 5.41) is 11.9. The zero-order valence-electron chi connectivity index (χ0n) is 10.5. The molecule has 18 heavy (non-hydrogen) atoms. The maximum absolute atomic E-state index is 4.11. The van der Waals surface area contributed by atoms with Gasteiger partial charge in [-0.2, -0.15) is 5.10 Å². The molecular formula is C13H19ClN4. The van der Waals surface area contributed by atoms with E-state index in [1.807, 2.05) is 6.20 Å². The van der Waals surface area contributed by atoms with E-state index in [-0.39, 0.29) is 12.4 Å². The molecule has 5 heteroatoms. The standard InChI is InChI=1S/C13H18N4.ClH/c1-10-8-17(6-5-14-10)9-12-4-2-3-11-7-15-16-13(11)12;/h2-4,7,10,14H,5-6,8-9H2,1H3,(H,15,16);1H/t10-;/m1./s1. The molecule has 0 saturated carbocycles. The molecule has 0 radical (unpaired) electrons. The average Bonchev–Trinajstić information content (AvgIpc) is 2.78. The molecule has 4 nitrogen and oxygen atoms in total. The molecule has 0 spiro atoms. The highest BCUT2D eigenvalue weighted by Crippen LogP contribution is 2.17. The van der Waals surface area contributed by atoms with Crippen molar-refractivity contribution >= 4 is 23.3 Å². The van der Waals surface area contributed by atoms with Gasteiger partial charge in [-0.25, -0.2) is 0 Å². The lowest BCUT2D eigenvalue weighted by atomic mass is 10.1. The lowest BCUT2D eigenvalue weighted by molar-refractivity contribution is 0.200. The molecule has 1 aliphatic heterocycles. The average molecular weight is 267 g/mol. The Kier molecular flexibility index (Phi) is 4.22. The monoisotopic (exact) mass is 266 g/mol. The molecule has 1 aliphatic rings. The maximum atomic E-state index is 4.11. The van der Waals surface area contributed by atoms with Crippen LogP contribution in [0.2, 0.25) is 0 Å². The van der Waals surface area contributed by atoms with E-state index < -0.39 is 0 Å². The van der Waals surface area contributed by atoms with Gasteiger partial charge in [-0.3, -0.25) is 10.00 Å². The van der Waals surface area contributed by atoms with Crippen LogP contribution in [0.5, 0.6) is 0 Å². The van der Waals surface area contributed by atoms with E-state index in [9.17, 15) is 0 Å². The maximum Gasteiger partial charge on any atom is 0.0695 e. The van der Waals surface area contributed by atoms with Gasteiger partial charge in [0, 0.05) is 37.6 Å². The summed E-state index contributed by atoms with van der Waals surface area (Å²) in [6.45, 7) is 6.56. The smallest absolute Gasteiger partial charge is 0.0695 e. The third-order valence-corrected chi connectivity index (χ3v) is 3.41. The molecule has 2 N–H and O–H groups in total. The van der Waals surface area contributed by atoms with E-state index in [1.165, 1.54) is 16.5 Å². The predicted octanol–water partition coefficient (Wildman–Crippen LogP) is 1.78. The Morgan fingerprint density at radius 2 is 2.33 bits per heavy atom. The lowest BCUT2D eigenvalue weighted by Gasteiger charge is -2.31. The summed E-state index contributed by atoms with van der Waals surface area (Å²) in [4.78, 5) is 2.50. The molecular weight excluding hydrogens is 248 g/mol. The molecule has 0 bridgehead atoms. The number of rotatable bonds is 2. The summed E-state index contributed by atoms with van der Waals surface area (Å²) < 4.78 is 0. The van der Waals surface area contributed by atoms with Gasteiger partial charge in [-0.1, -0.05) is 18.2 Å².